The molecule has 1 aliphatic heterocycles. The van der Waals surface area contributed by atoms with E-state index in [0.717, 1.165) is 13.1 Å². The van der Waals surface area contributed by atoms with E-state index in [9.17, 15) is 0 Å². The van der Waals surface area contributed by atoms with Crippen molar-refractivity contribution in [1.29, 1.82) is 0 Å². The van der Waals surface area contributed by atoms with Crippen LogP contribution < -0.4 is 5.32 Å². The highest BCUT2D eigenvalue weighted by Crippen LogP contribution is 2.01. The molecule has 2 nitrogen and oxygen atoms in total. The third-order valence-electron chi connectivity index (χ3n) is 1.56. The van der Waals surface area contributed by atoms with Gasteiger partial charge in [-0.2, -0.15) is 0 Å². The van der Waals surface area contributed by atoms with Crippen molar-refractivity contribution in [3.05, 3.63) is 0 Å². The molecule has 50 valence electrons. The fourth-order valence-corrected chi connectivity index (χ4v) is 1.03. The second-order valence-electron chi connectivity index (χ2n) is 2.50. The largest absolute Gasteiger partial charge is 0.303 e. The lowest BCUT2D eigenvalue weighted by Gasteiger charge is -2.36. The molecule has 0 atom stereocenters. The smallest absolute Gasteiger partial charge is 0.0576 e. The van der Waals surface area contributed by atoms with Gasteiger partial charge >= 0.3 is 0 Å². The van der Waals surface area contributed by atoms with Gasteiger partial charge in [0, 0.05) is 19.1 Å². The molecule has 0 aromatic rings. The van der Waals surface area contributed by atoms with Gasteiger partial charge in [0.1, 0.15) is 0 Å². The van der Waals surface area contributed by atoms with Crippen molar-refractivity contribution in [3.8, 4) is 12.3 Å². The summed E-state index contributed by atoms with van der Waals surface area (Å²) in [6, 6.07) is 0.644. The van der Waals surface area contributed by atoms with Gasteiger partial charge in [-0.25, -0.2) is 0 Å². The summed E-state index contributed by atoms with van der Waals surface area (Å²) in [5, 5.41) is 3.22. The topological polar surface area (TPSA) is 15.3 Å². The van der Waals surface area contributed by atoms with Crippen molar-refractivity contribution in [3.63, 3.8) is 0 Å². The molecule has 0 aromatic heterocycles. The van der Waals surface area contributed by atoms with E-state index in [1.807, 2.05) is 0 Å². The fraction of sp³-hybridized carbons (Fsp3) is 0.714. The van der Waals surface area contributed by atoms with Crippen LogP contribution in [0.25, 0.3) is 0 Å². The minimum absolute atomic E-state index is 0.644. The third-order valence-corrected chi connectivity index (χ3v) is 1.56. The van der Waals surface area contributed by atoms with Gasteiger partial charge in [-0.05, 0) is 7.05 Å². The Balaban J connectivity index is 1.99. The summed E-state index contributed by atoms with van der Waals surface area (Å²) >= 11 is 0. The standard InChI is InChI=1S/C7H12N2/c1-3-4-8-7-5-9(2)6-7/h1,7-8H,4-6H2,2H3. The van der Waals surface area contributed by atoms with Crippen LogP contribution in [-0.2, 0) is 0 Å². The Hall–Kier alpha value is -0.520. The molecule has 1 rings (SSSR count). The van der Waals surface area contributed by atoms with Crippen LogP contribution >= 0.6 is 0 Å². The number of hydrogen-bond acceptors (Lipinski definition) is 2. The molecule has 0 radical (unpaired) electrons. The Morgan fingerprint density at radius 3 is 2.89 bits per heavy atom. The van der Waals surface area contributed by atoms with Crippen LogP contribution in [0.15, 0.2) is 0 Å². The summed E-state index contributed by atoms with van der Waals surface area (Å²) in [6.07, 6.45) is 5.06. The van der Waals surface area contributed by atoms with Crippen LogP contribution in [0.5, 0.6) is 0 Å². The van der Waals surface area contributed by atoms with Gasteiger partial charge < -0.3 is 10.2 Å². The highest BCUT2D eigenvalue weighted by molar-refractivity contribution is 4.92. The summed E-state index contributed by atoms with van der Waals surface area (Å²) < 4.78 is 0. The average Bonchev–Trinajstić information content (AvgIpc) is 1.78. The molecule has 0 bridgehead atoms. The number of hydrogen-bond donors (Lipinski definition) is 1. The Morgan fingerprint density at radius 2 is 2.44 bits per heavy atom. The monoisotopic (exact) mass is 124 g/mol. The van der Waals surface area contributed by atoms with E-state index in [1.165, 1.54) is 0 Å². The second-order valence-corrected chi connectivity index (χ2v) is 2.50. The number of nitrogens with zero attached hydrogens (tertiary/aromatic N) is 1. The van der Waals surface area contributed by atoms with Crippen molar-refractivity contribution in [2.75, 3.05) is 26.7 Å². The van der Waals surface area contributed by atoms with Crippen LogP contribution in [-0.4, -0.2) is 37.6 Å². The van der Waals surface area contributed by atoms with E-state index < -0.39 is 0 Å². The zero-order chi connectivity index (χ0) is 6.69. The maximum Gasteiger partial charge on any atom is 0.0576 e. The number of rotatable bonds is 2. The Morgan fingerprint density at radius 1 is 1.78 bits per heavy atom. The summed E-state index contributed by atoms with van der Waals surface area (Å²) in [4.78, 5) is 2.26. The number of terminal acetylenes is 1. The van der Waals surface area contributed by atoms with Crippen molar-refractivity contribution >= 4 is 0 Å². The maximum absolute atomic E-state index is 5.06. The molecule has 9 heavy (non-hydrogen) atoms. The summed E-state index contributed by atoms with van der Waals surface area (Å²) in [5.41, 5.74) is 0. The van der Waals surface area contributed by atoms with E-state index in [-0.39, 0.29) is 0 Å². The lowest BCUT2D eigenvalue weighted by atomic mass is 10.1. The van der Waals surface area contributed by atoms with Gasteiger partial charge in [0.15, 0.2) is 0 Å². The third kappa shape index (κ3) is 1.70. The zero-order valence-corrected chi connectivity index (χ0v) is 5.72. The van der Waals surface area contributed by atoms with Crippen LogP contribution in [0, 0.1) is 12.3 Å². The van der Waals surface area contributed by atoms with Crippen molar-refractivity contribution in [2.24, 2.45) is 0 Å². The molecule has 2 heteroatoms. The summed E-state index contributed by atoms with van der Waals surface area (Å²) in [5.74, 6) is 2.55. The average molecular weight is 124 g/mol. The normalized spacial score (nSPS) is 20.9. The zero-order valence-electron chi connectivity index (χ0n) is 5.72. The van der Waals surface area contributed by atoms with Gasteiger partial charge in [0.2, 0.25) is 0 Å². The second kappa shape index (κ2) is 2.86. The van der Waals surface area contributed by atoms with Crippen molar-refractivity contribution in [2.45, 2.75) is 6.04 Å². The van der Waals surface area contributed by atoms with Crippen LogP contribution in [0.2, 0.25) is 0 Å². The summed E-state index contributed by atoms with van der Waals surface area (Å²) in [6.45, 7) is 2.99. The molecule has 1 N–H and O–H groups in total. The first-order valence-corrected chi connectivity index (χ1v) is 3.18. The van der Waals surface area contributed by atoms with Crippen LogP contribution in [0.1, 0.15) is 0 Å². The van der Waals surface area contributed by atoms with E-state index in [0.29, 0.717) is 12.6 Å². The molecular formula is C7H12N2. The predicted molar refractivity (Wildman–Crippen MR) is 38.1 cm³/mol. The highest BCUT2D eigenvalue weighted by atomic mass is 15.2. The Bertz CT molecular complexity index is 119. The van der Waals surface area contributed by atoms with E-state index in [4.69, 9.17) is 6.42 Å². The van der Waals surface area contributed by atoms with E-state index in [2.05, 4.69) is 23.2 Å². The molecule has 0 aliphatic carbocycles. The summed E-state index contributed by atoms with van der Waals surface area (Å²) in [7, 11) is 2.11. The van der Waals surface area contributed by atoms with Gasteiger partial charge in [-0.15, -0.1) is 6.42 Å². The quantitative estimate of drug-likeness (QED) is 0.500. The first-order valence-electron chi connectivity index (χ1n) is 3.18. The van der Waals surface area contributed by atoms with Crippen LogP contribution in [0.3, 0.4) is 0 Å². The van der Waals surface area contributed by atoms with Gasteiger partial charge in [0.05, 0.1) is 6.54 Å². The molecule has 1 fully saturated rings. The number of likely N-dealkylation sites (N-methyl/N-ethyl adjacent to an activating group) is 1. The molecule has 0 aromatic carbocycles. The molecular weight excluding hydrogens is 112 g/mol. The van der Waals surface area contributed by atoms with E-state index >= 15 is 0 Å². The number of nitrogens with one attached hydrogen (secondary N) is 1. The maximum atomic E-state index is 5.06. The minimum atomic E-state index is 0.644. The Kier molecular flexibility index (Phi) is 2.10. The molecule has 1 saturated heterocycles. The lowest BCUT2D eigenvalue weighted by molar-refractivity contribution is 0.166. The van der Waals surface area contributed by atoms with Crippen molar-refractivity contribution < 1.29 is 0 Å². The first-order chi connectivity index (χ1) is 4.33. The van der Waals surface area contributed by atoms with E-state index in [1.54, 1.807) is 0 Å². The first kappa shape index (κ1) is 6.60. The molecule has 0 unspecified atom stereocenters. The van der Waals surface area contributed by atoms with Crippen LogP contribution in [0.4, 0.5) is 0 Å². The lowest BCUT2D eigenvalue weighted by Crippen LogP contribution is -2.56. The van der Waals surface area contributed by atoms with Gasteiger partial charge in [-0.3, -0.25) is 0 Å². The molecule has 1 heterocycles. The highest BCUT2D eigenvalue weighted by Gasteiger charge is 2.21. The van der Waals surface area contributed by atoms with Gasteiger partial charge in [0.25, 0.3) is 0 Å². The Labute approximate surface area is 56.2 Å². The fourth-order valence-electron chi connectivity index (χ4n) is 1.03. The molecule has 1 aliphatic rings. The minimum Gasteiger partial charge on any atom is -0.303 e. The molecule has 0 spiro atoms. The molecule has 0 saturated carbocycles. The SMILES string of the molecule is C#CCNC1CN(C)C1. The van der Waals surface area contributed by atoms with Gasteiger partial charge in [-0.1, -0.05) is 5.92 Å². The van der Waals surface area contributed by atoms with Crippen molar-refractivity contribution in [1.82, 2.24) is 10.2 Å². The number of likely N-dealkylation sites (tertiary alicyclic amines) is 1. The molecule has 0 amide bonds. The predicted octanol–water partition coefficient (Wildman–Crippen LogP) is -0.477.